The molecule has 0 bridgehead atoms. The minimum Gasteiger partial charge on any atom is -0.493 e. The maximum atomic E-state index is 11.4. The van der Waals surface area contributed by atoms with Crippen LogP contribution in [-0.2, 0) is 0 Å². The molecule has 0 aliphatic carbocycles. The molecule has 0 aliphatic rings. The summed E-state index contributed by atoms with van der Waals surface area (Å²) in [6.45, 7) is 0. The van der Waals surface area contributed by atoms with E-state index >= 15 is 0 Å². The molecule has 0 saturated heterocycles. The van der Waals surface area contributed by atoms with E-state index in [4.69, 9.17) is 9.47 Å². The SMILES string of the molecule is COc1ccc(-c2cc(C(=O)O)n3ncnc3n2)cc1OC. The molecule has 8 nitrogen and oxygen atoms in total. The molecule has 3 aromatic rings. The lowest BCUT2D eigenvalue weighted by molar-refractivity contribution is 0.0687. The van der Waals surface area contributed by atoms with Gasteiger partial charge in [-0.3, -0.25) is 0 Å². The first-order valence-corrected chi connectivity index (χ1v) is 6.30. The first-order valence-electron chi connectivity index (χ1n) is 6.30. The number of carboxylic acid groups (broad SMARTS) is 1. The van der Waals surface area contributed by atoms with Crippen LogP contribution in [0.15, 0.2) is 30.6 Å². The Bertz CT molecular complexity index is 859. The number of methoxy groups -OCH3 is 2. The molecule has 1 aromatic carbocycles. The van der Waals surface area contributed by atoms with Crippen molar-refractivity contribution >= 4 is 11.7 Å². The van der Waals surface area contributed by atoms with E-state index in [9.17, 15) is 9.90 Å². The van der Waals surface area contributed by atoms with Gasteiger partial charge in [0, 0.05) is 5.56 Å². The number of nitrogens with zero attached hydrogens (tertiary/aromatic N) is 4. The number of benzene rings is 1. The predicted octanol–water partition coefficient (Wildman–Crippen LogP) is 1.51. The topological polar surface area (TPSA) is 98.8 Å². The highest BCUT2D eigenvalue weighted by Crippen LogP contribution is 2.31. The molecular formula is C14H12N4O4. The van der Waals surface area contributed by atoms with Gasteiger partial charge in [-0.2, -0.15) is 14.6 Å². The lowest BCUT2D eigenvalue weighted by Crippen LogP contribution is -2.08. The Kier molecular flexibility index (Phi) is 3.34. The Balaban J connectivity index is 2.19. The summed E-state index contributed by atoms with van der Waals surface area (Å²) in [5, 5.41) is 13.1. The van der Waals surface area contributed by atoms with Gasteiger partial charge in [-0.1, -0.05) is 0 Å². The first kappa shape index (κ1) is 13.8. The second-order valence-electron chi connectivity index (χ2n) is 4.37. The number of fused-ring (bicyclic) bond motifs is 1. The van der Waals surface area contributed by atoms with Crippen LogP contribution in [0.2, 0.25) is 0 Å². The summed E-state index contributed by atoms with van der Waals surface area (Å²) in [6.07, 6.45) is 1.26. The van der Waals surface area contributed by atoms with Crippen molar-refractivity contribution in [3.8, 4) is 22.8 Å². The molecule has 0 fully saturated rings. The normalized spacial score (nSPS) is 10.6. The van der Waals surface area contributed by atoms with Gasteiger partial charge in [0.15, 0.2) is 17.2 Å². The van der Waals surface area contributed by atoms with Crippen molar-refractivity contribution in [2.75, 3.05) is 14.2 Å². The number of hydrogen-bond acceptors (Lipinski definition) is 6. The van der Waals surface area contributed by atoms with Gasteiger partial charge in [-0.05, 0) is 24.3 Å². The maximum absolute atomic E-state index is 11.4. The molecule has 1 N–H and O–H groups in total. The average molecular weight is 300 g/mol. The number of carboxylic acids is 1. The number of aromatic nitrogens is 4. The van der Waals surface area contributed by atoms with E-state index in [0.29, 0.717) is 22.8 Å². The number of ether oxygens (including phenoxy) is 2. The minimum absolute atomic E-state index is 0.0210. The zero-order chi connectivity index (χ0) is 15.7. The number of aromatic carboxylic acids is 1. The highest BCUT2D eigenvalue weighted by molar-refractivity contribution is 5.87. The van der Waals surface area contributed by atoms with Crippen molar-refractivity contribution in [1.82, 2.24) is 19.6 Å². The third-order valence-electron chi connectivity index (χ3n) is 3.15. The summed E-state index contributed by atoms with van der Waals surface area (Å²) in [6, 6.07) is 6.65. The van der Waals surface area contributed by atoms with Crippen LogP contribution in [0.3, 0.4) is 0 Å². The van der Waals surface area contributed by atoms with Crippen LogP contribution < -0.4 is 9.47 Å². The van der Waals surface area contributed by atoms with Crippen LogP contribution in [0.25, 0.3) is 17.0 Å². The van der Waals surface area contributed by atoms with Gasteiger partial charge in [0.1, 0.15) is 6.33 Å². The van der Waals surface area contributed by atoms with Crippen molar-refractivity contribution < 1.29 is 19.4 Å². The molecule has 0 radical (unpaired) electrons. The lowest BCUT2D eigenvalue weighted by Gasteiger charge is -2.10. The third kappa shape index (κ3) is 2.20. The quantitative estimate of drug-likeness (QED) is 0.779. The highest BCUT2D eigenvalue weighted by atomic mass is 16.5. The zero-order valence-corrected chi connectivity index (χ0v) is 11.8. The van der Waals surface area contributed by atoms with Gasteiger partial charge in [-0.25, -0.2) is 9.78 Å². The highest BCUT2D eigenvalue weighted by Gasteiger charge is 2.15. The molecule has 0 atom stereocenters. The second kappa shape index (κ2) is 5.32. The van der Waals surface area contributed by atoms with Crippen LogP contribution in [-0.4, -0.2) is 44.9 Å². The summed E-state index contributed by atoms with van der Waals surface area (Å²) < 4.78 is 11.6. The van der Waals surface area contributed by atoms with Gasteiger partial charge in [0.2, 0.25) is 0 Å². The molecule has 0 saturated carbocycles. The monoisotopic (exact) mass is 300 g/mol. The smallest absolute Gasteiger partial charge is 0.354 e. The molecule has 112 valence electrons. The Hall–Kier alpha value is -3.16. The van der Waals surface area contributed by atoms with E-state index < -0.39 is 5.97 Å². The van der Waals surface area contributed by atoms with Gasteiger partial charge in [0.25, 0.3) is 5.78 Å². The fourth-order valence-corrected chi connectivity index (χ4v) is 2.11. The van der Waals surface area contributed by atoms with E-state index in [1.54, 1.807) is 25.3 Å². The maximum Gasteiger partial charge on any atom is 0.354 e. The van der Waals surface area contributed by atoms with Crippen LogP contribution in [0, 0.1) is 0 Å². The van der Waals surface area contributed by atoms with Gasteiger partial charge < -0.3 is 14.6 Å². The number of carbonyl (C=O) groups is 1. The van der Waals surface area contributed by atoms with E-state index in [1.165, 1.54) is 24.0 Å². The predicted molar refractivity (Wildman–Crippen MR) is 76.3 cm³/mol. The third-order valence-corrected chi connectivity index (χ3v) is 3.15. The molecular weight excluding hydrogens is 288 g/mol. The van der Waals surface area contributed by atoms with Crippen LogP contribution >= 0.6 is 0 Å². The standard InChI is InChI=1S/C14H12N4O4/c1-21-11-4-3-8(5-12(11)22-2)9-6-10(13(19)20)18-14(17-9)15-7-16-18/h3-7H,1-2H3,(H,19,20). The fourth-order valence-electron chi connectivity index (χ4n) is 2.11. The van der Waals surface area contributed by atoms with E-state index in [2.05, 4.69) is 15.1 Å². The molecule has 3 rings (SSSR count). The van der Waals surface area contributed by atoms with Crippen molar-refractivity contribution in [3.05, 3.63) is 36.3 Å². The molecule has 2 heterocycles. The van der Waals surface area contributed by atoms with E-state index in [-0.39, 0.29) is 11.5 Å². The second-order valence-corrected chi connectivity index (χ2v) is 4.37. The van der Waals surface area contributed by atoms with Crippen molar-refractivity contribution in [1.29, 1.82) is 0 Å². The Morgan fingerprint density at radius 3 is 2.64 bits per heavy atom. The van der Waals surface area contributed by atoms with Crippen molar-refractivity contribution in [2.45, 2.75) is 0 Å². The molecule has 22 heavy (non-hydrogen) atoms. The van der Waals surface area contributed by atoms with Gasteiger partial charge in [0.05, 0.1) is 19.9 Å². The Morgan fingerprint density at radius 2 is 1.95 bits per heavy atom. The van der Waals surface area contributed by atoms with E-state index in [1.807, 2.05) is 0 Å². The summed E-state index contributed by atoms with van der Waals surface area (Å²) >= 11 is 0. The Labute approximate surface area is 125 Å². The molecule has 0 unspecified atom stereocenters. The average Bonchev–Trinajstić information content (AvgIpc) is 3.01. The van der Waals surface area contributed by atoms with Crippen LogP contribution in [0.5, 0.6) is 11.5 Å². The molecule has 0 amide bonds. The summed E-state index contributed by atoms with van der Waals surface area (Å²) in [4.78, 5) is 19.6. The number of hydrogen-bond donors (Lipinski definition) is 1. The zero-order valence-electron chi connectivity index (χ0n) is 11.8. The lowest BCUT2D eigenvalue weighted by atomic mass is 10.1. The largest absolute Gasteiger partial charge is 0.493 e. The number of rotatable bonds is 4. The van der Waals surface area contributed by atoms with Gasteiger partial charge >= 0.3 is 5.97 Å². The first-order chi connectivity index (χ1) is 10.6. The summed E-state index contributed by atoms with van der Waals surface area (Å²) in [5.41, 5.74) is 1.12. The molecule has 8 heteroatoms. The van der Waals surface area contributed by atoms with Crippen molar-refractivity contribution in [3.63, 3.8) is 0 Å². The molecule has 0 spiro atoms. The Morgan fingerprint density at radius 1 is 1.18 bits per heavy atom. The minimum atomic E-state index is -1.11. The summed E-state index contributed by atoms with van der Waals surface area (Å²) in [5.74, 6) is 0.206. The molecule has 0 aliphatic heterocycles. The van der Waals surface area contributed by atoms with Crippen LogP contribution in [0.1, 0.15) is 10.5 Å². The van der Waals surface area contributed by atoms with E-state index in [0.717, 1.165) is 0 Å². The van der Waals surface area contributed by atoms with Crippen LogP contribution in [0.4, 0.5) is 0 Å². The fraction of sp³-hybridized carbons (Fsp3) is 0.143. The summed E-state index contributed by atoms with van der Waals surface area (Å²) in [7, 11) is 3.07. The molecule has 2 aromatic heterocycles. The van der Waals surface area contributed by atoms with Crippen molar-refractivity contribution in [2.24, 2.45) is 0 Å². The van der Waals surface area contributed by atoms with Gasteiger partial charge in [-0.15, -0.1) is 0 Å².